The predicted octanol–water partition coefficient (Wildman–Crippen LogP) is 3.58. The standard InChI is InChI=1S/C21H21FN4O2/c1-13-12-23-28-21(13)16-6-8-25(9-7-16)19-5-4-17(11-18(19)22)26-15(3)24-14(2)10-20(26)27/h4-6,10-12H,7-9H2,1-3H3. The van der Waals surface area contributed by atoms with E-state index < -0.39 is 0 Å². The molecule has 2 aromatic heterocycles. The van der Waals surface area contributed by atoms with Crippen molar-refractivity contribution < 1.29 is 8.91 Å². The maximum Gasteiger partial charge on any atom is 0.258 e. The number of aryl methyl sites for hydroxylation is 3. The van der Waals surface area contributed by atoms with Gasteiger partial charge in [0.25, 0.3) is 5.56 Å². The molecule has 3 aromatic rings. The van der Waals surface area contributed by atoms with E-state index in [1.807, 2.05) is 17.9 Å². The molecule has 0 amide bonds. The highest BCUT2D eigenvalue weighted by Gasteiger charge is 2.20. The minimum absolute atomic E-state index is 0.217. The lowest BCUT2D eigenvalue weighted by molar-refractivity contribution is 0.407. The Morgan fingerprint density at radius 1 is 1.18 bits per heavy atom. The lowest BCUT2D eigenvalue weighted by atomic mass is 10.0. The Hall–Kier alpha value is -3.22. The molecule has 0 saturated heterocycles. The lowest BCUT2D eigenvalue weighted by Gasteiger charge is -2.28. The van der Waals surface area contributed by atoms with Crippen LogP contribution in [-0.2, 0) is 0 Å². The van der Waals surface area contributed by atoms with Gasteiger partial charge in [-0.1, -0.05) is 11.2 Å². The van der Waals surface area contributed by atoms with Gasteiger partial charge >= 0.3 is 0 Å². The third-order valence-electron chi connectivity index (χ3n) is 4.99. The molecule has 7 heteroatoms. The van der Waals surface area contributed by atoms with E-state index in [9.17, 15) is 9.18 Å². The Kier molecular flexibility index (Phi) is 4.58. The quantitative estimate of drug-likeness (QED) is 0.695. The highest BCUT2D eigenvalue weighted by Crippen LogP contribution is 2.29. The molecule has 3 heterocycles. The van der Waals surface area contributed by atoms with Crippen molar-refractivity contribution in [2.24, 2.45) is 0 Å². The zero-order chi connectivity index (χ0) is 19.8. The minimum atomic E-state index is -0.364. The van der Waals surface area contributed by atoms with Gasteiger partial charge in [-0.25, -0.2) is 9.37 Å². The molecule has 0 saturated carbocycles. The van der Waals surface area contributed by atoms with Crippen LogP contribution in [0.4, 0.5) is 10.1 Å². The predicted molar refractivity (Wildman–Crippen MR) is 105 cm³/mol. The SMILES string of the molecule is Cc1cc(=O)n(-c2ccc(N3CC=C(c4oncc4C)CC3)c(F)c2)c(C)n1. The van der Waals surface area contributed by atoms with E-state index in [0.29, 0.717) is 36.0 Å². The van der Waals surface area contributed by atoms with E-state index >= 15 is 0 Å². The van der Waals surface area contributed by atoms with Crippen LogP contribution in [0.5, 0.6) is 0 Å². The molecule has 0 N–H and O–H groups in total. The number of benzene rings is 1. The van der Waals surface area contributed by atoms with Crippen LogP contribution in [0.2, 0.25) is 0 Å². The second-order valence-corrected chi connectivity index (χ2v) is 7.02. The van der Waals surface area contributed by atoms with Gasteiger partial charge in [-0.15, -0.1) is 0 Å². The first-order chi connectivity index (χ1) is 13.4. The molecule has 0 atom stereocenters. The van der Waals surface area contributed by atoms with Crippen molar-refractivity contribution in [1.82, 2.24) is 14.7 Å². The molecule has 144 valence electrons. The zero-order valence-electron chi connectivity index (χ0n) is 16.1. The average molecular weight is 380 g/mol. The first kappa shape index (κ1) is 18.2. The van der Waals surface area contributed by atoms with Crippen LogP contribution in [-0.4, -0.2) is 27.8 Å². The molecule has 4 rings (SSSR count). The Balaban J connectivity index is 1.61. The monoisotopic (exact) mass is 380 g/mol. The topological polar surface area (TPSA) is 64.2 Å². The molecule has 0 fully saturated rings. The number of nitrogens with zero attached hydrogens (tertiary/aromatic N) is 4. The highest BCUT2D eigenvalue weighted by atomic mass is 19.1. The van der Waals surface area contributed by atoms with Crippen LogP contribution in [0.3, 0.4) is 0 Å². The van der Waals surface area contributed by atoms with Gasteiger partial charge in [-0.2, -0.15) is 0 Å². The third kappa shape index (κ3) is 3.24. The van der Waals surface area contributed by atoms with Crippen molar-refractivity contribution in [3.63, 3.8) is 0 Å². The van der Waals surface area contributed by atoms with E-state index in [1.165, 1.54) is 16.7 Å². The molecule has 0 radical (unpaired) electrons. The first-order valence-corrected chi connectivity index (χ1v) is 9.17. The van der Waals surface area contributed by atoms with Gasteiger partial charge in [0.2, 0.25) is 0 Å². The smallest absolute Gasteiger partial charge is 0.258 e. The summed E-state index contributed by atoms with van der Waals surface area (Å²) in [6.45, 7) is 6.72. The van der Waals surface area contributed by atoms with Crippen molar-refractivity contribution in [3.05, 3.63) is 75.6 Å². The van der Waals surface area contributed by atoms with Crippen LogP contribution in [0.25, 0.3) is 11.3 Å². The zero-order valence-corrected chi connectivity index (χ0v) is 16.1. The fraction of sp³-hybridized carbons (Fsp3) is 0.286. The fourth-order valence-electron chi connectivity index (χ4n) is 3.64. The summed E-state index contributed by atoms with van der Waals surface area (Å²) in [4.78, 5) is 18.6. The van der Waals surface area contributed by atoms with Crippen LogP contribution in [0.15, 0.2) is 45.9 Å². The molecule has 0 unspecified atom stereocenters. The van der Waals surface area contributed by atoms with Crippen LogP contribution in [0.1, 0.15) is 29.3 Å². The summed E-state index contributed by atoms with van der Waals surface area (Å²) in [7, 11) is 0. The van der Waals surface area contributed by atoms with Gasteiger partial charge in [0.15, 0.2) is 5.76 Å². The van der Waals surface area contributed by atoms with E-state index in [1.54, 1.807) is 32.2 Å². The van der Waals surface area contributed by atoms with Crippen molar-refractivity contribution in [2.45, 2.75) is 27.2 Å². The normalized spacial score (nSPS) is 14.3. The molecular formula is C21H21FN4O2. The highest BCUT2D eigenvalue weighted by molar-refractivity contribution is 5.67. The molecule has 0 bridgehead atoms. The number of aromatic nitrogens is 3. The molecule has 1 aliphatic rings. The second kappa shape index (κ2) is 7.07. The van der Waals surface area contributed by atoms with Crippen LogP contribution in [0, 0.1) is 26.6 Å². The van der Waals surface area contributed by atoms with E-state index in [4.69, 9.17) is 4.52 Å². The van der Waals surface area contributed by atoms with E-state index in [-0.39, 0.29) is 11.4 Å². The van der Waals surface area contributed by atoms with E-state index in [2.05, 4.69) is 10.1 Å². The first-order valence-electron chi connectivity index (χ1n) is 9.17. The second-order valence-electron chi connectivity index (χ2n) is 7.02. The summed E-state index contributed by atoms with van der Waals surface area (Å²) in [6, 6.07) is 6.31. The maximum atomic E-state index is 14.9. The van der Waals surface area contributed by atoms with Gasteiger partial charge < -0.3 is 9.42 Å². The summed E-state index contributed by atoms with van der Waals surface area (Å²) < 4.78 is 21.6. The Labute approximate surface area is 161 Å². The molecule has 1 aliphatic heterocycles. The molecule has 0 spiro atoms. The Morgan fingerprint density at radius 2 is 2.00 bits per heavy atom. The van der Waals surface area contributed by atoms with Crippen molar-refractivity contribution in [3.8, 4) is 5.69 Å². The summed E-state index contributed by atoms with van der Waals surface area (Å²) >= 11 is 0. The number of hydrogen-bond acceptors (Lipinski definition) is 5. The molecule has 1 aromatic carbocycles. The largest absolute Gasteiger partial charge is 0.365 e. The van der Waals surface area contributed by atoms with Crippen LogP contribution >= 0.6 is 0 Å². The summed E-state index contributed by atoms with van der Waals surface area (Å²) in [6.07, 6.45) is 4.49. The van der Waals surface area contributed by atoms with Crippen LogP contribution < -0.4 is 10.5 Å². The fourth-order valence-corrected chi connectivity index (χ4v) is 3.64. The number of anilines is 1. The molecular weight excluding hydrogens is 359 g/mol. The summed E-state index contributed by atoms with van der Waals surface area (Å²) in [5.41, 5.74) is 3.51. The van der Waals surface area contributed by atoms with Crippen molar-refractivity contribution in [2.75, 3.05) is 18.0 Å². The third-order valence-corrected chi connectivity index (χ3v) is 4.99. The van der Waals surface area contributed by atoms with E-state index in [0.717, 1.165) is 23.3 Å². The van der Waals surface area contributed by atoms with Crippen molar-refractivity contribution in [1.29, 1.82) is 0 Å². The lowest BCUT2D eigenvalue weighted by Crippen LogP contribution is -2.29. The maximum absolute atomic E-state index is 14.9. The minimum Gasteiger partial charge on any atom is -0.365 e. The van der Waals surface area contributed by atoms with Gasteiger partial charge in [0, 0.05) is 36.5 Å². The van der Waals surface area contributed by atoms with Crippen molar-refractivity contribution >= 4 is 11.3 Å². The van der Waals surface area contributed by atoms with Gasteiger partial charge in [0.1, 0.15) is 11.6 Å². The molecule has 28 heavy (non-hydrogen) atoms. The summed E-state index contributed by atoms with van der Waals surface area (Å²) in [5, 5.41) is 3.82. The average Bonchev–Trinajstić information content (AvgIpc) is 3.07. The number of halogens is 1. The Bertz CT molecular complexity index is 1130. The number of hydrogen-bond donors (Lipinski definition) is 0. The Morgan fingerprint density at radius 3 is 2.61 bits per heavy atom. The van der Waals surface area contributed by atoms with Gasteiger partial charge in [-0.05, 0) is 44.9 Å². The van der Waals surface area contributed by atoms with Gasteiger partial charge in [0.05, 0.1) is 17.6 Å². The number of rotatable bonds is 3. The van der Waals surface area contributed by atoms with Gasteiger partial charge in [-0.3, -0.25) is 9.36 Å². The molecule has 6 nitrogen and oxygen atoms in total. The summed E-state index contributed by atoms with van der Waals surface area (Å²) in [5.74, 6) is 0.972. The molecule has 0 aliphatic carbocycles.